The van der Waals surface area contributed by atoms with Gasteiger partial charge in [-0.25, -0.2) is 4.98 Å². The van der Waals surface area contributed by atoms with E-state index in [2.05, 4.69) is 35.0 Å². The summed E-state index contributed by atoms with van der Waals surface area (Å²) >= 11 is 0. The van der Waals surface area contributed by atoms with Gasteiger partial charge in [0, 0.05) is 13.0 Å². The monoisotopic (exact) mass is 283 g/mol. The molecule has 0 spiro atoms. The van der Waals surface area contributed by atoms with Crippen molar-refractivity contribution in [3.05, 3.63) is 54.2 Å². The number of nitrogens with zero attached hydrogens (tertiary/aromatic N) is 2. The van der Waals surface area contributed by atoms with Gasteiger partial charge in [-0.3, -0.25) is 0 Å². The predicted octanol–water partition coefficient (Wildman–Crippen LogP) is 3.54. The van der Waals surface area contributed by atoms with Gasteiger partial charge in [-0.15, -0.1) is 0 Å². The van der Waals surface area contributed by atoms with Gasteiger partial charge < -0.3 is 14.3 Å². The Morgan fingerprint density at radius 2 is 2.10 bits per heavy atom. The van der Waals surface area contributed by atoms with Crippen molar-refractivity contribution in [1.82, 2.24) is 14.9 Å². The molecule has 0 bridgehead atoms. The molecule has 110 valence electrons. The summed E-state index contributed by atoms with van der Waals surface area (Å²) in [6.45, 7) is 3.19. The molecule has 3 aromatic rings. The average Bonchev–Trinajstić information content (AvgIpc) is 3.14. The first-order valence-corrected chi connectivity index (χ1v) is 7.48. The van der Waals surface area contributed by atoms with Crippen LogP contribution in [0.2, 0.25) is 0 Å². The highest BCUT2D eigenvalue weighted by Gasteiger charge is 2.18. The van der Waals surface area contributed by atoms with Crippen molar-refractivity contribution in [2.75, 3.05) is 7.05 Å². The number of aryl methyl sites for hydroxylation is 1. The first-order valence-electron chi connectivity index (χ1n) is 7.48. The van der Waals surface area contributed by atoms with Crippen LogP contribution in [0.3, 0.4) is 0 Å². The number of nitrogens with one attached hydrogen (secondary N) is 1. The molecule has 0 radical (unpaired) electrons. The van der Waals surface area contributed by atoms with Gasteiger partial charge in [0.2, 0.25) is 0 Å². The zero-order chi connectivity index (χ0) is 14.7. The third kappa shape index (κ3) is 2.72. The molecule has 1 aromatic carbocycles. The smallest absolute Gasteiger partial charge is 0.121 e. The summed E-state index contributed by atoms with van der Waals surface area (Å²) in [5.41, 5.74) is 2.28. The molecule has 0 saturated carbocycles. The van der Waals surface area contributed by atoms with Crippen LogP contribution >= 0.6 is 0 Å². The largest absolute Gasteiger partial charge is 0.468 e. The summed E-state index contributed by atoms with van der Waals surface area (Å²) in [6, 6.07) is 12.4. The number of hydrogen-bond donors (Lipinski definition) is 1. The third-order valence-corrected chi connectivity index (χ3v) is 3.80. The maximum absolute atomic E-state index is 5.53. The van der Waals surface area contributed by atoms with Crippen molar-refractivity contribution in [2.24, 2.45) is 0 Å². The van der Waals surface area contributed by atoms with Crippen LogP contribution in [-0.2, 0) is 13.0 Å². The molecule has 21 heavy (non-hydrogen) atoms. The molecule has 2 aromatic heterocycles. The molecule has 1 unspecified atom stereocenters. The number of fused-ring (bicyclic) bond motifs is 1. The minimum atomic E-state index is 0.146. The summed E-state index contributed by atoms with van der Waals surface area (Å²) in [7, 11) is 1.96. The van der Waals surface area contributed by atoms with Crippen LogP contribution in [0.15, 0.2) is 47.1 Å². The van der Waals surface area contributed by atoms with Gasteiger partial charge in [0.15, 0.2) is 0 Å². The minimum Gasteiger partial charge on any atom is -0.468 e. The van der Waals surface area contributed by atoms with E-state index in [1.54, 1.807) is 6.26 Å². The van der Waals surface area contributed by atoms with Crippen LogP contribution < -0.4 is 5.32 Å². The molecule has 2 heterocycles. The van der Waals surface area contributed by atoms with Crippen molar-refractivity contribution in [2.45, 2.75) is 32.4 Å². The number of hydrogen-bond acceptors (Lipinski definition) is 3. The van der Waals surface area contributed by atoms with E-state index in [1.807, 2.05) is 25.2 Å². The Morgan fingerprint density at radius 3 is 2.81 bits per heavy atom. The number of furan rings is 1. The van der Waals surface area contributed by atoms with Gasteiger partial charge in [0.05, 0.1) is 23.3 Å². The van der Waals surface area contributed by atoms with E-state index >= 15 is 0 Å². The Labute approximate surface area is 124 Å². The van der Waals surface area contributed by atoms with Crippen molar-refractivity contribution in [1.29, 1.82) is 0 Å². The SMILES string of the molecule is CCCn1c(CC(NC)c2ccco2)nc2ccccc21. The first-order chi connectivity index (χ1) is 10.3. The lowest BCUT2D eigenvalue weighted by Crippen LogP contribution is -2.20. The molecular formula is C17H21N3O. The van der Waals surface area contributed by atoms with Gasteiger partial charge in [0.1, 0.15) is 11.6 Å². The van der Waals surface area contributed by atoms with Gasteiger partial charge in [0.25, 0.3) is 0 Å². The summed E-state index contributed by atoms with van der Waals surface area (Å²) in [6.07, 6.45) is 3.63. The highest BCUT2D eigenvalue weighted by atomic mass is 16.3. The summed E-state index contributed by atoms with van der Waals surface area (Å²) in [5.74, 6) is 2.06. The number of likely N-dealkylation sites (N-methyl/N-ethyl adjacent to an activating group) is 1. The zero-order valence-corrected chi connectivity index (χ0v) is 12.5. The van der Waals surface area contributed by atoms with Crippen LogP contribution in [0.25, 0.3) is 11.0 Å². The van der Waals surface area contributed by atoms with E-state index in [1.165, 1.54) is 5.52 Å². The second-order valence-electron chi connectivity index (χ2n) is 5.23. The molecule has 0 fully saturated rings. The lowest BCUT2D eigenvalue weighted by molar-refractivity contribution is 0.420. The number of benzene rings is 1. The summed E-state index contributed by atoms with van der Waals surface area (Å²) < 4.78 is 7.86. The van der Waals surface area contributed by atoms with E-state index < -0.39 is 0 Å². The highest BCUT2D eigenvalue weighted by molar-refractivity contribution is 5.75. The Kier molecular flexibility index (Phi) is 4.06. The van der Waals surface area contributed by atoms with Gasteiger partial charge >= 0.3 is 0 Å². The van der Waals surface area contributed by atoms with E-state index in [4.69, 9.17) is 9.40 Å². The molecule has 4 nitrogen and oxygen atoms in total. The van der Waals surface area contributed by atoms with Crippen LogP contribution in [0.4, 0.5) is 0 Å². The van der Waals surface area contributed by atoms with Gasteiger partial charge in [-0.1, -0.05) is 19.1 Å². The summed E-state index contributed by atoms with van der Waals surface area (Å²) in [4.78, 5) is 4.81. The second-order valence-corrected chi connectivity index (χ2v) is 5.23. The van der Waals surface area contributed by atoms with E-state index in [-0.39, 0.29) is 6.04 Å². The molecule has 0 aliphatic rings. The third-order valence-electron chi connectivity index (χ3n) is 3.80. The molecule has 0 aliphatic heterocycles. The molecule has 1 N–H and O–H groups in total. The van der Waals surface area contributed by atoms with Crippen LogP contribution in [-0.4, -0.2) is 16.6 Å². The number of aromatic nitrogens is 2. The fourth-order valence-corrected chi connectivity index (χ4v) is 2.77. The van der Waals surface area contributed by atoms with Crippen molar-refractivity contribution >= 4 is 11.0 Å². The lowest BCUT2D eigenvalue weighted by Gasteiger charge is -2.14. The van der Waals surface area contributed by atoms with Crippen molar-refractivity contribution in [3.8, 4) is 0 Å². The Morgan fingerprint density at radius 1 is 1.24 bits per heavy atom. The Balaban J connectivity index is 1.97. The van der Waals surface area contributed by atoms with Crippen LogP contribution in [0.5, 0.6) is 0 Å². The number of rotatable bonds is 6. The van der Waals surface area contributed by atoms with Crippen molar-refractivity contribution in [3.63, 3.8) is 0 Å². The second kappa shape index (κ2) is 6.14. The molecule has 0 aliphatic carbocycles. The Hall–Kier alpha value is -2.07. The minimum absolute atomic E-state index is 0.146. The van der Waals surface area contributed by atoms with Crippen LogP contribution in [0, 0.1) is 0 Å². The molecule has 0 saturated heterocycles. The molecule has 0 amide bonds. The molecular weight excluding hydrogens is 262 g/mol. The maximum atomic E-state index is 5.53. The lowest BCUT2D eigenvalue weighted by atomic mass is 10.1. The van der Waals surface area contributed by atoms with E-state index in [0.717, 1.165) is 36.5 Å². The van der Waals surface area contributed by atoms with Gasteiger partial charge in [-0.2, -0.15) is 0 Å². The summed E-state index contributed by atoms with van der Waals surface area (Å²) in [5, 5.41) is 3.32. The average molecular weight is 283 g/mol. The maximum Gasteiger partial charge on any atom is 0.121 e. The highest BCUT2D eigenvalue weighted by Crippen LogP contribution is 2.22. The standard InChI is InChI=1S/C17H21N3O/c1-3-10-20-15-8-5-4-7-13(15)19-17(20)12-14(18-2)16-9-6-11-21-16/h4-9,11,14,18H,3,10,12H2,1-2H3. The Bertz CT molecular complexity index is 700. The number of para-hydroxylation sites is 2. The van der Waals surface area contributed by atoms with E-state index in [0.29, 0.717) is 0 Å². The normalized spacial score (nSPS) is 12.9. The van der Waals surface area contributed by atoms with Gasteiger partial charge in [-0.05, 0) is 37.7 Å². The quantitative estimate of drug-likeness (QED) is 0.752. The van der Waals surface area contributed by atoms with E-state index in [9.17, 15) is 0 Å². The fourth-order valence-electron chi connectivity index (χ4n) is 2.77. The topological polar surface area (TPSA) is 43.0 Å². The first kappa shape index (κ1) is 13.9. The predicted molar refractivity (Wildman–Crippen MR) is 84.2 cm³/mol. The fraction of sp³-hybridized carbons (Fsp3) is 0.353. The number of imidazole rings is 1. The molecule has 3 rings (SSSR count). The van der Waals surface area contributed by atoms with Crippen molar-refractivity contribution < 1.29 is 4.42 Å². The zero-order valence-electron chi connectivity index (χ0n) is 12.5. The molecule has 4 heteroatoms. The van der Waals surface area contributed by atoms with Crippen LogP contribution in [0.1, 0.15) is 31.0 Å². The molecule has 1 atom stereocenters.